The molecule has 230 valence electrons. The van der Waals surface area contributed by atoms with Crippen LogP contribution in [-0.2, 0) is 6.42 Å². The van der Waals surface area contributed by atoms with Gasteiger partial charge in [0.05, 0.1) is 0 Å². The molecule has 8 aromatic carbocycles. The molecule has 1 aromatic heterocycles. The van der Waals surface area contributed by atoms with Gasteiger partial charge in [-0.05, 0) is 96.2 Å². The zero-order valence-corrected chi connectivity index (χ0v) is 27.0. The van der Waals surface area contributed by atoms with Crippen LogP contribution in [0.1, 0.15) is 23.3 Å². The van der Waals surface area contributed by atoms with Gasteiger partial charge in [0.2, 0.25) is 0 Å². The summed E-state index contributed by atoms with van der Waals surface area (Å²) in [5.41, 5.74) is 12.1. The average molecular weight is 625 g/mol. The van der Waals surface area contributed by atoms with Crippen molar-refractivity contribution in [2.45, 2.75) is 12.8 Å². The van der Waals surface area contributed by atoms with Crippen LogP contribution in [0, 0.1) is 0 Å². The summed E-state index contributed by atoms with van der Waals surface area (Å²) in [4.78, 5) is 0. The number of benzene rings is 8. The van der Waals surface area contributed by atoms with Crippen molar-refractivity contribution in [2.75, 3.05) is 0 Å². The molecule has 0 atom stereocenters. The van der Waals surface area contributed by atoms with Crippen molar-refractivity contribution in [1.82, 2.24) is 0 Å². The van der Waals surface area contributed by atoms with E-state index in [0.717, 1.165) is 24.2 Å². The van der Waals surface area contributed by atoms with Gasteiger partial charge in [0.15, 0.2) is 0 Å². The van der Waals surface area contributed by atoms with Gasteiger partial charge in [0, 0.05) is 16.5 Å². The summed E-state index contributed by atoms with van der Waals surface area (Å²) < 4.78 is 6.50. The topological polar surface area (TPSA) is 13.1 Å². The van der Waals surface area contributed by atoms with Gasteiger partial charge in [0.1, 0.15) is 11.3 Å². The Kier molecular flexibility index (Phi) is 6.38. The van der Waals surface area contributed by atoms with E-state index < -0.39 is 0 Å². The average Bonchev–Trinajstić information content (AvgIpc) is 3.56. The molecule has 0 fully saturated rings. The molecule has 1 nitrogen and oxygen atoms in total. The summed E-state index contributed by atoms with van der Waals surface area (Å²) in [7, 11) is 0. The number of allylic oxidation sites excluding steroid dienone is 1. The predicted molar refractivity (Wildman–Crippen MR) is 207 cm³/mol. The minimum Gasteiger partial charge on any atom is -0.456 e. The third-order valence-corrected chi connectivity index (χ3v) is 10.4. The first-order valence-electron chi connectivity index (χ1n) is 17.2. The van der Waals surface area contributed by atoms with E-state index in [1.807, 2.05) is 0 Å². The lowest BCUT2D eigenvalue weighted by Gasteiger charge is -2.19. The Bertz CT molecular complexity index is 2700. The lowest BCUT2D eigenvalue weighted by molar-refractivity contribution is 0.591. The number of aryl methyl sites for hydroxylation is 1. The Balaban J connectivity index is 1.13. The van der Waals surface area contributed by atoms with Gasteiger partial charge in [-0.1, -0.05) is 158 Å². The van der Waals surface area contributed by atoms with Crippen molar-refractivity contribution in [3.63, 3.8) is 0 Å². The molecular formula is C48H32O. The highest BCUT2D eigenvalue weighted by molar-refractivity contribution is 6.21. The molecule has 0 aliphatic heterocycles. The quantitative estimate of drug-likeness (QED) is 0.178. The molecule has 1 heterocycles. The van der Waals surface area contributed by atoms with Gasteiger partial charge in [-0.15, -0.1) is 0 Å². The maximum Gasteiger partial charge on any atom is 0.138 e. The molecule has 0 amide bonds. The maximum absolute atomic E-state index is 6.50. The Labute approximate surface area is 285 Å². The SMILES string of the molecule is C1=C(c2cccc(-c3c4ccccc4c(-c4ccc(-c5cccc6ccccc56)cc4)c4ccccc34)c2)c2oc3ccccc3c2CC1. The smallest absolute Gasteiger partial charge is 0.138 e. The molecular weight excluding hydrogens is 593 g/mol. The van der Waals surface area contributed by atoms with Crippen LogP contribution in [0.25, 0.3) is 82.2 Å². The van der Waals surface area contributed by atoms with Crippen molar-refractivity contribution in [2.24, 2.45) is 0 Å². The van der Waals surface area contributed by atoms with Gasteiger partial charge in [0.25, 0.3) is 0 Å². The molecule has 0 bridgehead atoms. The molecule has 0 saturated carbocycles. The van der Waals surface area contributed by atoms with Crippen molar-refractivity contribution in [1.29, 1.82) is 0 Å². The monoisotopic (exact) mass is 624 g/mol. The normalized spacial score (nSPS) is 12.9. The highest BCUT2D eigenvalue weighted by atomic mass is 16.3. The molecule has 10 rings (SSSR count). The highest BCUT2D eigenvalue weighted by Crippen LogP contribution is 2.45. The molecule has 1 aliphatic rings. The van der Waals surface area contributed by atoms with E-state index >= 15 is 0 Å². The first kappa shape index (κ1) is 27.9. The number of furan rings is 1. The zero-order chi connectivity index (χ0) is 32.3. The van der Waals surface area contributed by atoms with Crippen molar-refractivity contribution in [3.8, 4) is 33.4 Å². The van der Waals surface area contributed by atoms with Gasteiger partial charge in [-0.2, -0.15) is 0 Å². The van der Waals surface area contributed by atoms with E-state index in [1.54, 1.807) is 0 Å². The standard InChI is InChI=1S/C48H32O/c1-2-16-36-31(12-1)13-10-22-37(36)32-26-28-33(29-27-32)46-40-18-3-5-20-42(40)47(43-21-6-4-19-41(43)46)35-15-9-14-34(30-35)38-23-11-24-44-39-17-7-8-25-45(39)49-48(38)44/h1-10,12-23,25-30H,11,24H2. The Morgan fingerprint density at radius 1 is 0.408 bits per heavy atom. The molecule has 0 unspecified atom stereocenters. The summed E-state index contributed by atoms with van der Waals surface area (Å²) in [6.07, 6.45) is 4.37. The minimum atomic E-state index is 0.967. The number of rotatable bonds is 4. The molecule has 1 aliphatic carbocycles. The third kappa shape index (κ3) is 4.47. The van der Waals surface area contributed by atoms with Gasteiger partial charge in [-0.3, -0.25) is 0 Å². The Morgan fingerprint density at radius 2 is 0.959 bits per heavy atom. The van der Waals surface area contributed by atoms with Gasteiger partial charge in [-0.25, -0.2) is 0 Å². The van der Waals surface area contributed by atoms with E-state index in [4.69, 9.17) is 4.42 Å². The largest absolute Gasteiger partial charge is 0.456 e. The van der Waals surface area contributed by atoms with E-state index in [2.05, 4.69) is 170 Å². The van der Waals surface area contributed by atoms with Gasteiger partial charge < -0.3 is 4.42 Å². The molecule has 49 heavy (non-hydrogen) atoms. The fourth-order valence-corrected chi connectivity index (χ4v) is 8.15. The second kappa shape index (κ2) is 11.2. The summed E-state index contributed by atoms with van der Waals surface area (Å²) in [6, 6.07) is 59.7. The van der Waals surface area contributed by atoms with E-state index in [-0.39, 0.29) is 0 Å². The number of fused-ring (bicyclic) bond motifs is 6. The lowest BCUT2D eigenvalue weighted by Crippen LogP contribution is -1.98. The lowest BCUT2D eigenvalue weighted by atomic mass is 9.84. The van der Waals surface area contributed by atoms with Crippen molar-refractivity contribution >= 4 is 48.9 Å². The molecule has 0 radical (unpaired) electrons. The van der Waals surface area contributed by atoms with E-state index in [9.17, 15) is 0 Å². The zero-order valence-electron chi connectivity index (χ0n) is 27.0. The van der Waals surface area contributed by atoms with E-state index in [0.29, 0.717) is 0 Å². The first-order chi connectivity index (χ1) is 24.3. The highest BCUT2D eigenvalue weighted by Gasteiger charge is 2.23. The number of hydrogen-bond acceptors (Lipinski definition) is 1. The van der Waals surface area contributed by atoms with Crippen LogP contribution in [0.3, 0.4) is 0 Å². The predicted octanol–water partition coefficient (Wildman–Crippen LogP) is 13.3. The minimum absolute atomic E-state index is 0.967. The molecule has 1 heteroatoms. The second-order valence-electron chi connectivity index (χ2n) is 13.1. The third-order valence-electron chi connectivity index (χ3n) is 10.4. The van der Waals surface area contributed by atoms with Gasteiger partial charge >= 0.3 is 0 Å². The van der Waals surface area contributed by atoms with Crippen molar-refractivity contribution < 1.29 is 4.42 Å². The second-order valence-corrected chi connectivity index (χ2v) is 13.1. The van der Waals surface area contributed by atoms with Crippen LogP contribution in [-0.4, -0.2) is 0 Å². The fraction of sp³-hybridized carbons (Fsp3) is 0.0417. The maximum atomic E-state index is 6.50. The van der Waals surface area contributed by atoms with E-state index in [1.165, 1.54) is 87.8 Å². The van der Waals surface area contributed by atoms with Crippen LogP contribution in [0.2, 0.25) is 0 Å². The Morgan fingerprint density at radius 3 is 1.69 bits per heavy atom. The summed E-state index contributed by atoms with van der Waals surface area (Å²) in [5, 5.41) is 8.81. The van der Waals surface area contributed by atoms with Crippen LogP contribution in [0.15, 0.2) is 174 Å². The summed E-state index contributed by atoms with van der Waals surface area (Å²) >= 11 is 0. The summed E-state index contributed by atoms with van der Waals surface area (Å²) in [6.45, 7) is 0. The van der Waals surface area contributed by atoms with Crippen molar-refractivity contribution in [3.05, 3.63) is 187 Å². The number of para-hydroxylation sites is 1. The van der Waals surface area contributed by atoms with Crippen LogP contribution >= 0.6 is 0 Å². The fourth-order valence-electron chi connectivity index (χ4n) is 8.15. The summed E-state index contributed by atoms with van der Waals surface area (Å²) in [5.74, 6) is 1.02. The Hall–Kier alpha value is -6.18. The molecule has 0 N–H and O–H groups in total. The molecule has 0 saturated heterocycles. The molecule has 9 aromatic rings. The first-order valence-corrected chi connectivity index (χ1v) is 17.2. The van der Waals surface area contributed by atoms with Crippen LogP contribution < -0.4 is 0 Å². The van der Waals surface area contributed by atoms with Crippen LogP contribution in [0.5, 0.6) is 0 Å². The number of hydrogen-bond donors (Lipinski definition) is 0. The van der Waals surface area contributed by atoms with Crippen LogP contribution in [0.4, 0.5) is 0 Å². The molecule has 0 spiro atoms.